The molecule has 2 aromatic carbocycles. The van der Waals surface area contributed by atoms with Gasteiger partial charge in [0, 0.05) is 5.56 Å². The second-order valence-corrected chi connectivity index (χ2v) is 4.91. The van der Waals surface area contributed by atoms with E-state index in [-0.39, 0.29) is 5.75 Å². The second kappa shape index (κ2) is 6.73. The van der Waals surface area contributed by atoms with Crippen molar-refractivity contribution in [3.63, 3.8) is 0 Å². The smallest absolute Gasteiger partial charge is 0.457 e. The molecule has 0 aromatic heterocycles. The summed E-state index contributed by atoms with van der Waals surface area (Å²) in [7, 11) is 0. The first kappa shape index (κ1) is 16.9. The molecule has 0 bridgehead atoms. The average Bonchev–Trinajstić information content (AvgIpc) is 2.47. The fourth-order valence-electron chi connectivity index (χ4n) is 2.10. The number of ether oxygens (including phenoxy) is 2. The van der Waals surface area contributed by atoms with E-state index in [4.69, 9.17) is 4.74 Å². The molecular formula is C17H15F3O3. The van der Waals surface area contributed by atoms with Crippen LogP contribution in [0.25, 0.3) is 0 Å². The number of rotatable bonds is 5. The fraction of sp³-hybridized carbons (Fsp3) is 0.235. The molecular weight excluding hydrogens is 309 g/mol. The first-order valence-electron chi connectivity index (χ1n) is 6.94. The molecule has 0 amide bonds. The van der Waals surface area contributed by atoms with E-state index in [1.807, 2.05) is 0 Å². The Morgan fingerprint density at radius 3 is 2.30 bits per heavy atom. The van der Waals surface area contributed by atoms with Crippen molar-refractivity contribution in [3.8, 4) is 17.2 Å². The maximum Gasteiger partial charge on any atom is 0.573 e. The Morgan fingerprint density at radius 2 is 1.74 bits per heavy atom. The van der Waals surface area contributed by atoms with E-state index in [2.05, 4.69) is 4.74 Å². The number of aldehydes is 1. The molecule has 0 aliphatic carbocycles. The van der Waals surface area contributed by atoms with Crippen LogP contribution >= 0.6 is 0 Å². The Balaban J connectivity index is 2.24. The van der Waals surface area contributed by atoms with E-state index in [0.29, 0.717) is 29.0 Å². The molecule has 0 spiro atoms. The Morgan fingerprint density at radius 1 is 1.09 bits per heavy atom. The molecule has 0 saturated heterocycles. The third kappa shape index (κ3) is 4.48. The van der Waals surface area contributed by atoms with Crippen molar-refractivity contribution in [1.82, 2.24) is 0 Å². The maximum atomic E-state index is 12.3. The van der Waals surface area contributed by atoms with Gasteiger partial charge in [0.05, 0.1) is 0 Å². The summed E-state index contributed by atoms with van der Waals surface area (Å²) in [5.41, 5.74) is 1.70. The van der Waals surface area contributed by atoms with Crippen molar-refractivity contribution < 1.29 is 27.4 Å². The number of hydrogen-bond donors (Lipinski definition) is 0. The zero-order chi connectivity index (χ0) is 17.0. The van der Waals surface area contributed by atoms with Crippen LogP contribution in [-0.2, 0) is 6.42 Å². The standard InChI is InChI=1S/C17H15F3O3/c1-3-12-9-15(6-7-16(12)23-17(18,19)20)22-14-5-4-13(10-21)11(2)8-14/h4-10H,3H2,1-2H3. The third-order valence-corrected chi connectivity index (χ3v) is 3.24. The van der Waals surface area contributed by atoms with Crippen molar-refractivity contribution in [2.75, 3.05) is 0 Å². The molecule has 0 atom stereocenters. The summed E-state index contributed by atoms with van der Waals surface area (Å²) in [6.07, 6.45) is -3.61. The molecule has 0 radical (unpaired) electrons. The Bertz CT molecular complexity index is 709. The number of aryl methyl sites for hydroxylation is 2. The summed E-state index contributed by atoms with van der Waals surface area (Å²) >= 11 is 0. The molecule has 0 fully saturated rings. The van der Waals surface area contributed by atoms with Crippen LogP contribution in [0.2, 0.25) is 0 Å². The van der Waals surface area contributed by atoms with E-state index in [9.17, 15) is 18.0 Å². The molecule has 2 aromatic rings. The van der Waals surface area contributed by atoms with Gasteiger partial charge in [-0.25, -0.2) is 0 Å². The Labute approximate surface area is 131 Å². The molecule has 0 N–H and O–H groups in total. The lowest BCUT2D eigenvalue weighted by atomic mass is 10.1. The number of carbonyl (C=O) groups excluding carboxylic acids is 1. The van der Waals surface area contributed by atoms with Gasteiger partial charge in [-0.3, -0.25) is 4.79 Å². The topological polar surface area (TPSA) is 35.5 Å². The van der Waals surface area contributed by atoms with Crippen molar-refractivity contribution in [3.05, 3.63) is 53.1 Å². The first-order chi connectivity index (χ1) is 10.8. The molecule has 2 rings (SSSR count). The lowest BCUT2D eigenvalue weighted by Crippen LogP contribution is -2.18. The van der Waals surface area contributed by atoms with Crippen molar-refractivity contribution in [2.24, 2.45) is 0 Å². The fourth-order valence-corrected chi connectivity index (χ4v) is 2.10. The SMILES string of the molecule is CCc1cc(Oc2ccc(C=O)c(C)c2)ccc1OC(F)(F)F. The van der Waals surface area contributed by atoms with E-state index in [1.54, 1.807) is 32.0 Å². The van der Waals surface area contributed by atoms with Gasteiger partial charge in [-0.1, -0.05) is 6.92 Å². The summed E-state index contributed by atoms with van der Waals surface area (Å²) in [6, 6.07) is 9.08. The van der Waals surface area contributed by atoms with Gasteiger partial charge >= 0.3 is 6.36 Å². The van der Waals surface area contributed by atoms with Crippen LogP contribution in [0.3, 0.4) is 0 Å². The second-order valence-electron chi connectivity index (χ2n) is 4.91. The molecule has 122 valence electrons. The number of hydrogen-bond acceptors (Lipinski definition) is 3. The highest BCUT2D eigenvalue weighted by atomic mass is 19.4. The van der Waals surface area contributed by atoms with Crippen LogP contribution in [0.5, 0.6) is 17.2 Å². The summed E-state index contributed by atoms with van der Waals surface area (Å²) < 4.78 is 46.6. The number of benzene rings is 2. The average molecular weight is 324 g/mol. The quantitative estimate of drug-likeness (QED) is 0.721. The monoisotopic (exact) mass is 324 g/mol. The van der Waals surface area contributed by atoms with Crippen LogP contribution in [0.1, 0.15) is 28.4 Å². The molecule has 0 saturated carbocycles. The molecule has 0 aliphatic heterocycles. The van der Waals surface area contributed by atoms with Gasteiger partial charge in [-0.05, 0) is 60.9 Å². The zero-order valence-electron chi connectivity index (χ0n) is 12.6. The van der Waals surface area contributed by atoms with Crippen molar-refractivity contribution in [2.45, 2.75) is 26.6 Å². The molecule has 23 heavy (non-hydrogen) atoms. The first-order valence-corrected chi connectivity index (χ1v) is 6.94. The predicted octanol–water partition coefficient (Wildman–Crippen LogP) is 5.06. The Hall–Kier alpha value is -2.50. The minimum Gasteiger partial charge on any atom is -0.457 e. The van der Waals surface area contributed by atoms with E-state index < -0.39 is 6.36 Å². The summed E-state index contributed by atoms with van der Waals surface area (Å²) in [5, 5.41) is 0. The highest BCUT2D eigenvalue weighted by Crippen LogP contribution is 2.32. The predicted molar refractivity (Wildman–Crippen MR) is 79.1 cm³/mol. The molecule has 0 heterocycles. The van der Waals surface area contributed by atoms with Crippen LogP contribution in [0.15, 0.2) is 36.4 Å². The Kier molecular flexibility index (Phi) is 4.93. The summed E-state index contributed by atoms with van der Waals surface area (Å²) in [6.45, 7) is 3.50. The lowest BCUT2D eigenvalue weighted by molar-refractivity contribution is -0.274. The van der Waals surface area contributed by atoms with Crippen LogP contribution in [0, 0.1) is 6.92 Å². The maximum absolute atomic E-state index is 12.3. The van der Waals surface area contributed by atoms with Gasteiger partial charge in [0.25, 0.3) is 0 Å². The summed E-state index contributed by atoms with van der Waals surface area (Å²) in [5.74, 6) is 0.661. The number of alkyl halides is 3. The van der Waals surface area contributed by atoms with Gasteiger partial charge < -0.3 is 9.47 Å². The minimum atomic E-state index is -4.73. The largest absolute Gasteiger partial charge is 0.573 e. The third-order valence-electron chi connectivity index (χ3n) is 3.24. The molecule has 0 unspecified atom stereocenters. The van der Waals surface area contributed by atoms with Gasteiger partial charge in [0.2, 0.25) is 0 Å². The van der Waals surface area contributed by atoms with E-state index in [1.165, 1.54) is 18.2 Å². The highest BCUT2D eigenvalue weighted by molar-refractivity contribution is 5.77. The summed E-state index contributed by atoms with van der Waals surface area (Å²) in [4.78, 5) is 10.8. The van der Waals surface area contributed by atoms with Crippen molar-refractivity contribution in [1.29, 1.82) is 0 Å². The van der Waals surface area contributed by atoms with Gasteiger partial charge in [-0.15, -0.1) is 13.2 Å². The van der Waals surface area contributed by atoms with Crippen LogP contribution in [-0.4, -0.2) is 12.6 Å². The van der Waals surface area contributed by atoms with E-state index >= 15 is 0 Å². The molecule has 3 nitrogen and oxygen atoms in total. The van der Waals surface area contributed by atoms with Gasteiger partial charge in [0.15, 0.2) is 0 Å². The van der Waals surface area contributed by atoms with E-state index in [0.717, 1.165) is 11.8 Å². The minimum absolute atomic E-state index is 0.236. The normalized spacial score (nSPS) is 11.2. The zero-order valence-corrected chi connectivity index (χ0v) is 12.6. The molecule has 6 heteroatoms. The lowest BCUT2D eigenvalue weighted by Gasteiger charge is -2.14. The number of halogens is 3. The number of carbonyl (C=O) groups is 1. The molecule has 0 aliphatic rings. The van der Waals surface area contributed by atoms with Gasteiger partial charge in [-0.2, -0.15) is 0 Å². The van der Waals surface area contributed by atoms with Gasteiger partial charge in [0.1, 0.15) is 23.5 Å². The van der Waals surface area contributed by atoms with Crippen LogP contribution in [0.4, 0.5) is 13.2 Å². The van der Waals surface area contributed by atoms with Crippen molar-refractivity contribution >= 4 is 6.29 Å². The van der Waals surface area contributed by atoms with Crippen LogP contribution < -0.4 is 9.47 Å². The highest BCUT2D eigenvalue weighted by Gasteiger charge is 2.32.